The van der Waals surface area contributed by atoms with Gasteiger partial charge in [-0.25, -0.2) is 22.7 Å². The zero-order valence-corrected chi connectivity index (χ0v) is 19.0. The van der Waals surface area contributed by atoms with E-state index in [0.717, 1.165) is 11.3 Å². The maximum atomic E-state index is 13.1. The van der Waals surface area contributed by atoms with Crippen molar-refractivity contribution in [1.29, 1.82) is 0 Å². The number of hydroxylamine groups is 2. The molecule has 2 N–H and O–H groups in total. The monoisotopic (exact) mass is 475 g/mol. The van der Waals surface area contributed by atoms with Crippen LogP contribution in [0.2, 0.25) is 0 Å². The fourth-order valence-electron chi connectivity index (χ4n) is 3.61. The van der Waals surface area contributed by atoms with Crippen molar-refractivity contribution >= 4 is 33.0 Å². The first kappa shape index (κ1) is 22.4. The van der Waals surface area contributed by atoms with Crippen LogP contribution in [0.3, 0.4) is 0 Å². The summed E-state index contributed by atoms with van der Waals surface area (Å²) in [5.74, 6) is -0.730. The first-order valence-electron chi connectivity index (χ1n) is 9.91. The van der Waals surface area contributed by atoms with E-state index in [9.17, 15) is 17.6 Å². The molecular formula is C22H22FN3O4S2. The summed E-state index contributed by atoms with van der Waals surface area (Å²) in [4.78, 5) is 21.1. The van der Waals surface area contributed by atoms with E-state index >= 15 is 0 Å². The Balaban J connectivity index is 1.44. The topological polar surface area (TPSA) is 92.9 Å². The van der Waals surface area contributed by atoms with Gasteiger partial charge in [-0.2, -0.15) is 0 Å². The standard InChI is InChI=1S/C22H22FN3O4S2/c1-15-14-31-21(20(15)16-2-8-19(9-3-16)32(24,28)29)22(27)30-26-12-10-25(11-13-26)18-6-4-17(23)5-7-18/h2-9,14H,10-13H2,1H3,(H2,24,28,29). The summed E-state index contributed by atoms with van der Waals surface area (Å²) < 4.78 is 36.1. The molecule has 0 unspecified atom stereocenters. The van der Waals surface area contributed by atoms with E-state index in [0.29, 0.717) is 42.2 Å². The molecule has 3 aromatic rings. The highest BCUT2D eigenvalue weighted by atomic mass is 32.2. The molecule has 0 saturated carbocycles. The fraction of sp³-hybridized carbons (Fsp3) is 0.227. The van der Waals surface area contributed by atoms with Crippen LogP contribution in [0.1, 0.15) is 15.2 Å². The van der Waals surface area contributed by atoms with Gasteiger partial charge < -0.3 is 9.74 Å². The highest BCUT2D eigenvalue weighted by Crippen LogP contribution is 2.34. The van der Waals surface area contributed by atoms with Crippen LogP contribution < -0.4 is 10.0 Å². The minimum Gasteiger partial charge on any atom is -0.369 e. The largest absolute Gasteiger partial charge is 0.369 e. The lowest BCUT2D eigenvalue weighted by Gasteiger charge is -2.34. The number of halogens is 1. The van der Waals surface area contributed by atoms with Crippen LogP contribution in [0.5, 0.6) is 0 Å². The third-order valence-corrected chi connectivity index (χ3v) is 7.28. The Hall–Kier alpha value is -2.79. The van der Waals surface area contributed by atoms with Gasteiger partial charge in [0, 0.05) is 24.3 Å². The number of hydrogen-bond donors (Lipinski definition) is 1. The molecule has 2 aromatic carbocycles. The van der Waals surface area contributed by atoms with E-state index in [1.54, 1.807) is 29.3 Å². The maximum Gasteiger partial charge on any atom is 0.367 e. The van der Waals surface area contributed by atoms with Crippen molar-refractivity contribution < 1.29 is 22.4 Å². The molecule has 10 heteroatoms. The highest BCUT2D eigenvalue weighted by Gasteiger charge is 2.25. The second-order valence-electron chi connectivity index (χ2n) is 7.46. The van der Waals surface area contributed by atoms with Crippen LogP contribution in [0.25, 0.3) is 11.1 Å². The minimum atomic E-state index is -3.79. The first-order chi connectivity index (χ1) is 15.2. The van der Waals surface area contributed by atoms with Gasteiger partial charge in [0.1, 0.15) is 10.7 Å². The van der Waals surface area contributed by atoms with Crippen molar-refractivity contribution in [3.05, 3.63) is 70.2 Å². The number of primary sulfonamides is 1. The second-order valence-corrected chi connectivity index (χ2v) is 9.90. The molecule has 1 aliphatic heterocycles. The molecule has 0 radical (unpaired) electrons. The van der Waals surface area contributed by atoms with E-state index in [-0.39, 0.29) is 10.7 Å². The summed E-state index contributed by atoms with van der Waals surface area (Å²) >= 11 is 1.29. The van der Waals surface area contributed by atoms with E-state index in [1.807, 2.05) is 12.3 Å². The number of thiophene rings is 1. The van der Waals surface area contributed by atoms with Gasteiger partial charge in [-0.15, -0.1) is 16.4 Å². The Morgan fingerprint density at radius 3 is 2.25 bits per heavy atom. The molecule has 1 saturated heterocycles. The molecule has 2 heterocycles. The number of nitrogens with zero attached hydrogens (tertiary/aromatic N) is 2. The van der Waals surface area contributed by atoms with Crippen LogP contribution in [-0.4, -0.2) is 45.6 Å². The Bertz CT molecular complexity index is 1220. The Kier molecular flexibility index (Phi) is 6.29. The number of piperazine rings is 1. The van der Waals surface area contributed by atoms with Crippen molar-refractivity contribution in [3.63, 3.8) is 0 Å². The molecule has 32 heavy (non-hydrogen) atoms. The van der Waals surface area contributed by atoms with Gasteiger partial charge in [0.25, 0.3) is 0 Å². The van der Waals surface area contributed by atoms with Crippen molar-refractivity contribution in [2.45, 2.75) is 11.8 Å². The molecule has 4 rings (SSSR count). The average Bonchev–Trinajstić information content (AvgIpc) is 3.16. The summed E-state index contributed by atoms with van der Waals surface area (Å²) in [6.07, 6.45) is 0. The van der Waals surface area contributed by atoms with Crippen LogP contribution in [0.15, 0.2) is 58.8 Å². The van der Waals surface area contributed by atoms with E-state index in [2.05, 4.69) is 4.90 Å². The van der Waals surface area contributed by atoms with Gasteiger partial charge in [0.15, 0.2) is 0 Å². The van der Waals surface area contributed by atoms with Crippen molar-refractivity contribution in [1.82, 2.24) is 5.06 Å². The quantitative estimate of drug-likeness (QED) is 0.608. The van der Waals surface area contributed by atoms with Crippen LogP contribution in [-0.2, 0) is 14.9 Å². The number of rotatable bonds is 5. The van der Waals surface area contributed by atoms with Crippen molar-refractivity contribution in [3.8, 4) is 11.1 Å². The van der Waals surface area contributed by atoms with E-state index in [4.69, 9.17) is 9.98 Å². The fourth-order valence-corrected chi connectivity index (χ4v) is 5.07. The zero-order valence-electron chi connectivity index (χ0n) is 17.3. The Labute approximate surface area is 189 Å². The SMILES string of the molecule is Cc1csc(C(=O)ON2CCN(c3ccc(F)cc3)CC2)c1-c1ccc(S(N)(=O)=O)cc1. The summed E-state index contributed by atoms with van der Waals surface area (Å²) in [5.41, 5.74) is 3.25. The normalized spacial score (nSPS) is 15.0. The van der Waals surface area contributed by atoms with Gasteiger partial charge in [-0.1, -0.05) is 12.1 Å². The van der Waals surface area contributed by atoms with Crippen LogP contribution in [0.4, 0.5) is 10.1 Å². The molecule has 1 aromatic heterocycles. The van der Waals surface area contributed by atoms with Crippen LogP contribution >= 0.6 is 11.3 Å². The average molecular weight is 476 g/mol. The van der Waals surface area contributed by atoms with Crippen molar-refractivity contribution in [2.75, 3.05) is 31.1 Å². The predicted molar refractivity (Wildman–Crippen MR) is 121 cm³/mol. The van der Waals surface area contributed by atoms with Gasteiger partial charge in [0.05, 0.1) is 18.0 Å². The van der Waals surface area contributed by atoms with Crippen molar-refractivity contribution in [2.24, 2.45) is 5.14 Å². The number of benzene rings is 2. The number of carbonyl (C=O) groups excluding carboxylic acids is 1. The second kappa shape index (κ2) is 8.99. The summed E-state index contributed by atoms with van der Waals surface area (Å²) in [7, 11) is -3.79. The van der Waals surface area contributed by atoms with Gasteiger partial charge >= 0.3 is 5.97 Å². The summed E-state index contributed by atoms with van der Waals surface area (Å²) in [6.45, 7) is 4.21. The molecule has 0 bridgehead atoms. The molecule has 0 aliphatic carbocycles. The Morgan fingerprint density at radius 1 is 1.03 bits per heavy atom. The number of sulfonamides is 1. The molecule has 1 aliphatic rings. The zero-order chi connectivity index (χ0) is 22.9. The first-order valence-corrected chi connectivity index (χ1v) is 12.3. The number of hydrogen-bond acceptors (Lipinski definition) is 7. The number of carbonyl (C=O) groups is 1. The lowest BCUT2D eigenvalue weighted by atomic mass is 10.0. The molecular weight excluding hydrogens is 453 g/mol. The molecule has 0 amide bonds. The minimum absolute atomic E-state index is 0.0114. The van der Waals surface area contributed by atoms with Gasteiger partial charge in [-0.3, -0.25) is 0 Å². The molecule has 1 fully saturated rings. The highest BCUT2D eigenvalue weighted by molar-refractivity contribution is 7.89. The third-order valence-electron chi connectivity index (χ3n) is 5.27. The Morgan fingerprint density at radius 2 is 1.66 bits per heavy atom. The lowest BCUT2D eigenvalue weighted by Crippen LogP contribution is -2.47. The van der Waals surface area contributed by atoms with Gasteiger partial charge in [-0.05, 0) is 59.8 Å². The molecule has 7 nitrogen and oxygen atoms in total. The number of nitrogens with two attached hydrogens (primary N) is 1. The smallest absolute Gasteiger partial charge is 0.367 e. The third kappa shape index (κ3) is 4.83. The molecule has 168 valence electrons. The van der Waals surface area contributed by atoms with Gasteiger partial charge in [0.2, 0.25) is 10.0 Å². The number of aryl methyl sites for hydroxylation is 1. The molecule has 0 atom stereocenters. The van der Waals surface area contributed by atoms with E-state index in [1.165, 1.54) is 35.6 Å². The lowest BCUT2D eigenvalue weighted by molar-refractivity contribution is -0.111. The maximum absolute atomic E-state index is 13.1. The summed E-state index contributed by atoms with van der Waals surface area (Å²) in [6, 6.07) is 12.4. The summed E-state index contributed by atoms with van der Waals surface area (Å²) in [5, 5.41) is 8.66. The predicted octanol–water partition coefficient (Wildman–Crippen LogP) is 3.40. The number of anilines is 1. The van der Waals surface area contributed by atoms with E-state index < -0.39 is 16.0 Å². The molecule has 0 spiro atoms. The van der Waals surface area contributed by atoms with Crippen LogP contribution in [0, 0.1) is 12.7 Å².